The van der Waals surface area contributed by atoms with E-state index in [9.17, 15) is 0 Å². The second kappa shape index (κ2) is 5.39. The first kappa shape index (κ1) is 12.8. The van der Waals surface area contributed by atoms with Gasteiger partial charge in [0.2, 0.25) is 0 Å². The zero-order valence-electron chi connectivity index (χ0n) is 11.7. The first-order chi connectivity index (χ1) is 9.78. The molecule has 3 rings (SSSR count). The van der Waals surface area contributed by atoms with Gasteiger partial charge in [0.05, 0.1) is 11.6 Å². The first-order valence-electron chi connectivity index (χ1n) is 6.72. The van der Waals surface area contributed by atoms with Crippen LogP contribution in [0.15, 0.2) is 54.9 Å². The Bertz CT molecular complexity index is 737. The lowest BCUT2D eigenvalue weighted by Gasteiger charge is -2.18. The van der Waals surface area contributed by atoms with Crippen LogP contribution in [0.4, 0.5) is 0 Å². The van der Waals surface area contributed by atoms with Crippen molar-refractivity contribution in [2.75, 3.05) is 7.05 Å². The van der Waals surface area contributed by atoms with Gasteiger partial charge in [-0.1, -0.05) is 12.1 Å². The molecule has 0 saturated carbocycles. The summed E-state index contributed by atoms with van der Waals surface area (Å²) in [5, 5.41) is 4.54. The lowest BCUT2D eigenvalue weighted by molar-refractivity contribution is 0.690. The van der Waals surface area contributed by atoms with Gasteiger partial charge in [0.25, 0.3) is 0 Å². The zero-order chi connectivity index (χ0) is 13.9. The molecule has 1 N–H and O–H groups in total. The summed E-state index contributed by atoms with van der Waals surface area (Å²) >= 11 is 0. The van der Waals surface area contributed by atoms with Crippen LogP contribution in [0, 0.1) is 6.92 Å². The van der Waals surface area contributed by atoms with Crippen molar-refractivity contribution >= 4 is 10.9 Å². The second-order valence-electron chi connectivity index (χ2n) is 4.91. The van der Waals surface area contributed by atoms with E-state index in [0.717, 1.165) is 16.6 Å². The summed E-state index contributed by atoms with van der Waals surface area (Å²) < 4.78 is 0. The molecule has 0 aliphatic heterocycles. The normalized spacial score (nSPS) is 12.5. The molecule has 1 aromatic carbocycles. The number of nitrogens with one attached hydrogen (secondary N) is 1. The zero-order valence-corrected chi connectivity index (χ0v) is 11.7. The predicted molar refractivity (Wildman–Crippen MR) is 81.6 cm³/mol. The van der Waals surface area contributed by atoms with Crippen molar-refractivity contribution in [1.29, 1.82) is 0 Å². The van der Waals surface area contributed by atoms with E-state index in [-0.39, 0.29) is 6.04 Å². The Balaban J connectivity index is 2.07. The van der Waals surface area contributed by atoms with Gasteiger partial charge in [-0.25, -0.2) is 0 Å². The minimum Gasteiger partial charge on any atom is -0.309 e. The highest BCUT2D eigenvalue weighted by atomic mass is 14.9. The number of rotatable bonds is 3. The SMILES string of the molecule is CNC(c1ccnc(C)c1)c1ccc2ncccc2c1. The van der Waals surface area contributed by atoms with Gasteiger partial charge in [0.1, 0.15) is 0 Å². The van der Waals surface area contributed by atoms with Gasteiger partial charge < -0.3 is 5.32 Å². The number of nitrogens with zero attached hydrogens (tertiary/aromatic N) is 2. The van der Waals surface area contributed by atoms with Crippen molar-refractivity contribution in [2.24, 2.45) is 0 Å². The summed E-state index contributed by atoms with van der Waals surface area (Å²) in [6.45, 7) is 2.01. The molecule has 0 fully saturated rings. The Morgan fingerprint density at radius 3 is 2.60 bits per heavy atom. The standard InChI is InChI=1S/C17H17N3/c1-12-10-15(7-9-19-12)17(18-2)14-5-6-16-13(11-14)4-3-8-20-16/h3-11,17-18H,1-2H3. The Hall–Kier alpha value is -2.26. The van der Waals surface area contributed by atoms with Gasteiger partial charge in [-0.15, -0.1) is 0 Å². The molecule has 0 bridgehead atoms. The van der Waals surface area contributed by atoms with E-state index in [1.165, 1.54) is 11.1 Å². The summed E-state index contributed by atoms with van der Waals surface area (Å²) in [5.41, 5.74) is 4.52. The third-order valence-corrected chi connectivity index (χ3v) is 3.50. The van der Waals surface area contributed by atoms with Gasteiger partial charge in [0.15, 0.2) is 0 Å². The topological polar surface area (TPSA) is 37.8 Å². The average Bonchev–Trinajstić information content (AvgIpc) is 2.48. The Labute approximate surface area is 118 Å². The quantitative estimate of drug-likeness (QED) is 0.788. The Morgan fingerprint density at radius 1 is 0.950 bits per heavy atom. The van der Waals surface area contributed by atoms with Gasteiger partial charge in [-0.2, -0.15) is 0 Å². The van der Waals surface area contributed by atoms with Crippen LogP contribution in [-0.4, -0.2) is 17.0 Å². The van der Waals surface area contributed by atoms with Gasteiger partial charge in [0, 0.05) is 23.5 Å². The van der Waals surface area contributed by atoms with E-state index >= 15 is 0 Å². The predicted octanol–water partition coefficient (Wildman–Crippen LogP) is 3.25. The molecule has 0 saturated heterocycles. The van der Waals surface area contributed by atoms with Crippen LogP contribution in [0.5, 0.6) is 0 Å². The van der Waals surface area contributed by atoms with Crippen LogP contribution < -0.4 is 5.32 Å². The van der Waals surface area contributed by atoms with E-state index in [2.05, 4.69) is 51.7 Å². The number of hydrogen-bond donors (Lipinski definition) is 1. The maximum absolute atomic E-state index is 4.36. The van der Waals surface area contributed by atoms with Crippen LogP contribution in [0.25, 0.3) is 10.9 Å². The molecule has 0 radical (unpaired) electrons. The highest BCUT2D eigenvalue weighted by Gasteiger charge is 2.12. The summed E-state index contributed by atoms with van der Waals surface area (Å²) in [6, 6.07) is 14.8. The fraction of sp³-hybridized carbons (Fsp3) is 0.176. The molecular weight excluding hydrogens is 246 g/mol. The average molecular weight is 263 g/mol. The minimum absolute atomic E-state index is 0.168. The van der Waals surface area contributed by atoms with Gasteiger partial charge >= 0.3 is 0 Å². The molecule has 0 aliphatic carbocycles. The number of hydrogen-bond acceptors (Lipinski definition) is 3. The Kier molecular flexibility index (Phi) is 3.44. The van der Waals surface area contributed by atoms with E-state index in [1.54, 1.807) is 0 Å². The fourth-order valence-electron chi connectivity index (χ4n) is 2.55. The van der Waals surface area contributed by atoms with Crippen molar-refractivity contribution in [1.82, 2.24) is 15.3 Å². The molecule has 2 aromatic heterocycles. The number of fused-ring (bicyclic) bond motifs is 1. The molecule has 3 heteroatoms. The van der Waals surface area contributed by atoms with Crippen LogP contribution in [0.1, 0.15) is 22.9 Å². The van der Waals surface area contributed by atoms with Crippen LogP contribution in [0.2, 0.25) is 0 Å². The van der Waals surface area contributed by atoms with Crippen LogP contribution >= 0.6 is 0 Å². The van der Waals surface area contributed by atoms with Crippen molar-refractivity contribution in [3.05, 3.63) is 71.7 Å². The molecule has 0 spiro atoms. The number of aromatic nitrogens is 2. The number of pyridine rings is 2. The third-order valence-electron chi connectivity index (χ3n) is 3.50. The number of aryl methyl sites for hydroxylation is 1. The van der Waals surface area contributed by atoms with E-state index in [0.29, 0.717) is 0 Å². The van der Waals surface area contributed by atoms with E-state index in [1.807, 2.05) is 32.4 Å². The first-order valence-corrected chi connectivity index (χ1v) is 6.72. The van der Waals surface area contributed by atoms with E-state index in [4.69, 9.17) is 0 Å². The monoisotopic (exact) mass is 263 g/mol. The summed E-state index contributed by atoms with van der Waals surface area (Å²) in [4.78, 5) is 8.63. The summed E-state index contributed by atoms with van der Waals surface area (Å²) in [5.74, 6) is 0. The smallest absolute Gasteiger partial charge is 0.0702 e. The van der Waals surface area contributed by atoms with Crippen LogP contribution in [0.3, 0.4) is 0 Å². The fourth-order valence-corrected chi connectivity index (χ4v) is 2.55. The van der Waals surface area contributed by atoms with E-state index < -0.39 is 0 Å². The highest BCUT2D eigenvalue weighted by Crippen LogP contribution is 2.24. The molecule has 3 aromatic rings. The lowest BCUT2D eigenvalue weighted by atomic mass is 9.97. The maximum Gasteiger partial charge on any atom is 0.0702 e. The maximum atomic E-state index is 4.36. The molecule has 0 amide bonds. The third kappa shape index (κ3) is 2.40. The van der Waals surface area contributed by atoms with Crippen molar-refractivity contribution in [3.8, 4) is 0 Å². The highest BCUT2D eigenvalue weighted by molar-refractivity contribution is 5.79. The van der Waals surface area contributed by atoms with Crippen LogP contribution in [-0.2, 0) is 0 Å². The molecule has 3 nitrogen and oxygen atoms in total. The molecule has 20 heavy (non-hydrogen) atoms. The van der Waals surface area contributed by atoms with Gasteiger partial charge in [-0.05, 0) is 55.4 Å². The Morgan fingerprint density at radius 2 is 1.80 bits per heavy atom. The summed E-state index contributed by atoms with van der Waals surface area (Å²) in [7, 11) is 1.98. The molecule has 0 aliphatic rings. The summed E-state index contributed by atoms with van der Waals surface area (Å²) in [6.07, 6.45) is 3.68. The molecule has 1 unspecified atom stereocenters. The van der Waals surface area contributed by atoms with Crippen molar-refractivity contribution in [2.45, 2.75) is 13.0 Å². The molecular formula is C17H17N3. The minimum atomic E-state index is 0.168. The molecule has 2 heterocycles. The lowest BCUT2D eigenvalue weighted by Crippen LogP contribution is -2.17. The van der Waals surface area contributed by atoms with Gasteiger partial charge in [-0.3, -0.25) is 9.97 Å². The largest absolute Gasteiger partial charge is 0.309 e. The molecule has 100 valence electrons. The molecule has 1 atom stereocenters. The number of benzene rings is 1. The van der Waals surface area contributed by atoms with Crippen molar-refractivity contribution < 1.29 is 0 Å². The van der Waals surface area contributed by atoms with Crippen molar-refractivity contribution in [3.63, 3.8) is 0 Å². The second-order valence-corrected chi connectivity index (χ2v) is 4.91.